The molecule has 0 aliphatic rings. The van der Waals surface area contributed by atoms with Crippen molar-refractivity contribution in [2.45, 2.75) is 20.3 Å². The minimum atomic E-state index is 0.551. The van der Waals surface area contributed by atoms with E-state index < -0.39 is 0 Å². The summed E-state index contributed by atoms with van der Waals surface area (Å²) >= 11 is 0. The van der Waals surface area contributed by atoms with E-state index in [0.717, 1.165) is 13.1 Å². The van der Waals surface area contributed by atoms with Gasteiger partial charge in [-0.25, -0.2) is 0 Å². The number of hydrogen-bond donors (Lipinski definition) is 1. The van der Waals surface area contributed by atoms with E-state index >= 15 is 0 Å². The van der Waals surface area contributed by atoms with Crippen molar-refractivity contribution in [3.8, 4) is 0 Å². The molecule has 0 fully saturated rings. The minimum absolute atomic E-state index is 0.551. The molecule has 0 aliphatic carbocycles. The molecule has 0 aromatic carbocycles. The van der Waals surface area contributed by atoms with Gasteiger partial charge in [0.2, 0.25) is 0 Å². The van der Waals surface area contributed by atoms with Gasteiger partial charge in [0.1, 0.15) is 0 Å². The molecule has 1 atom stereocenters. The second-order valence-corrected chi connectivity index (χ2v) is 3.72. The summed E-state index contributed by atoms with van der Waals surface area (Å²) in [5.41, 5.74) is 5.64. The summed E-state index contributed by atoms with van der Waals surface area (Å²) in [5.74, 6) is 1.26. The van der Waals surface area contributed by atoms with Gasteiger partial charge in [0.25, 0.3) is 0 Å². The molecule has 0 rings (SSSR count). The number of nitrogens with two attached hydrogens (primary N) is 1. The average molecular weight is 174 g/mol. The maximum Gasteiger partial charge on any atom is 0.0575 e. The molecule has 3 nitrogen and oxygen atoms in total. The molecule has 0 heterocycles. The zero-order chi connectivity index (χ0) is 9.56. The lowest BCUT2D eigenvalue weighted by molar-refractivity contribution is -0.118. The highest BCUT2D eigenvalue weighted by molar-refractivity contribution is 4.63. The summed E-state index contributed by atoms with van der Waals surface area (Å²) in [5, 5.41) is 1.83. The Morgan fingerprint density at radius 3 is 2.33 bits per heavy atom. The van der Waals surface area contributed by atoms with Crippen LogP contribution >= 0.6 is 0 Å². The Morgan fingerprint density at radius 1 is 1.42 bits per heavy atom. The Labute approximate surface area is 75.8 Å². The van der Waals surface area contributed by atoms with Gasteiger partial charge in [-0.3, -0.25) is 0 Å². The topological polar surface area (TPSA) is 38.5 Å². The van der Waals surface area contributed by atoms with Crippen molar-refractivity contribution in [1.29, 1.82) is 0 Å². The number of nitrogens with zero attached hydrogens (tertiary/aromatic N) is 1. The van der Waals surface area contributed by atoms with Gasteiger partial charge in [0.15, 0.2) is 0 Å². The molecule has 0 aromatic heterocycles. The molecule has 0 bridgehead atoms. The molecular weight excluding hydrogens is 152 g/mol. The predicted molar refractivity (Wildman–Crippen MR) is 51.6 cm³/mol. The van der Waals surface area contributed by atoms with E-state index in [2.05, 4.69) is 13.8 Å². The van der Waals surface area contributed by atoms with E-state index in [4.69, 9.17) is 10.6 Å². The van der Waals surface area contributed by atoms with Crippen LogP contribution in [0.3, 0.4) is 0 Å². The number of hydroxylamine groups is 2. The molecule has 0 amide bonds. The summed E-state index contributed by atoms with van der Waals surface area (Å²) < 4.78 is 0. The molecule has 0 aromatic rings. The third-order valence-corrected chi connectivity index (χ3v) is 1.97. The first-order valence-electron chi connectivity index (χ1n) is 4.55. The van der Waals surface area contributed by atoms with E-state index in [1.807, 2.05) is 12.1 Å². The average Bonchev–Trinajstić information content (AvgIpc) is 2.02. The fraction of sp³-hybridized carbons (Fsp3) is 1.00. The molecule has 0 spiro atoms. The van der Waals surface area contributed by atoms with Gasteiger partial charge in [-0.2, -0.15) is 5.06 Å². The fourth-order valence-corrected chi connectivity index (χ4v) is 1.35. The minimum Gasteiger partial charge on any atom is -0.330 e. The summed E-state index contributed by atoms with van der Waals surface area (Å²) in [4.78, 5) is 5.04. The first kappa shape index (κ1) is 11.9. The van der Waals surface area contributed by atoms with Crippen LogP contribution in [-0.2, 0) is 4.84 Å². The quantitative estimate of drug-likeness (QED) is 0.613. The maximum absolute atomic E-state index is 5.64. The lowest BCUT2D eigenvalue weighted by Crippen LogP contribution is -2.30. The molecular formula is C9H22N2O. The molecule has 0 saturated heterocycles. The van der Waals surface area contributed by atoms with Crippen molar-refractivity contribution in [3.05, 3.63) is 0 Å². The van der Waals surface area contributed by atoms with E-state index in [-0.39, 0.29) is 0 Å². The maximum atomic E-state index is 5.64. The Hall–Kier alpha value is -0.120. The highest BCUT2D eigenvalue weighted by Gasteiger charge is 2.11. The van der Waals surface area contributed by atoms with Gasteiger partial charge in [0.05, 0.1) is 7.11 Å². The summed E-state index contributed by atoms with van der Waals surface area (Å²) in [6.45, 7) is 6.10. The van der Waals surface area contributed by atoms with Crippen LogP contribution in [-0.4, -0.2) is 32.3 Å². The Kier molecular flexibility index (Phi) is 6.34. The van der Waals surface area contributed by atoms with Crippen LogP contribution in [0.2, 0.25) is 0 Å². The first-order valence-corrected chi connectivity index (χ1v) is 4.55. The van der Waals surface area contributed by atoms with Gasteiger partial charge in [0, 0.05) is 13.6 Å². The largest absolute Gasteiger partial charge is 0.330 e. The van der Waals surface area contributed by atoms with Crippen LogP contribution in [0, 0.1) is 11.8 Å². The van der Waals surface area contributed by atoms with E-state index in [1.165, 1.54) is 6.42 Å². The zero-order valence-corrected chi connectivity index (χ0v) is 8.71. The second kappa shape index (κ2) is 6.40. The van der Waals surface area contributed by atoms with Crippen molar-refractivity contribution in [1.82, 2.24) is 5.06 Å². The van der Waals surface area contributed by atoms with Crippen molar-refractivity contribution in [3.63, 3.8) is 0 Å². The van der Waals surface area contributed by atoms with Gasteiger partial charge in [-0.15, -0.1) is 0 Å². The van der Waals surface area contributed by atoms with Crippen LogP contribution in [0.15, 0.2) is 0 Å². The Balaban J connectivity index is 3.66. The van der Waals surface area contributed by atoms with Crippen LogP contribution in [0.1, 0.15) is 20.3 Å². The molecule has 0 saturated carbocycles. The lowest BCUT2D eigenvalue weighted by Gasteiger charge is -2.22. The molecule has 0 radical (unpaired) electrons. The zero-order valence-electron chi connectivity index (χ0n) is 8.71. The van der Waals surface area contributed by atoms with Crippen molar-refractivity contribution < 1.29 is 4.84 Å². The van der Waals surface area contributed by atoms with Crippen LogP contribution < -0.4 is 5.73 Å². The van der Waals surface area contributed by atoms with E-state index in [9.17, 15) is 0 Å². The smallest absolute Gasteiger partial charge is 0.0575 e. The van der Waals surface area contributed by atoms with Crippen LogP contribution in [0.25, 0.3) is 0 Å². The highest BCUT2D eigenvalue weighted by Crippen LogP contribution is 2.11. The van der Waals surface area contributed by atoms with Crippen LogP contribution in [0.4, 0.5) is 0 Å². The van der Waals surface area contributed by atoms with Gasteiger partial charge in [-0.05, 0) is 24.8 Å². The predicted octanol–water partition coefficient (Wildman–Crippen LogP) is 1.10. The van der Waals surface area contributed by atoms with Crippen molar-refractivity contribution in [2.24, 2.45) is 17.6 Å². The molecule has 2 N–H and O–H groups in total. The summed E-state index contributed by atoms with van der Waals surface area (Å²) in [6.07, 6.45) is 1.17. The van der Waals surface area contributed by atoms with E-state index in [1.54, 1.807) is 7.11 Å². The third kappa shape index (κ3) is 5.52. The summed E-state index contributed by atoms with van der Waals surface area (Å²) in [7, 11) is 3.62. The molecule has 74 valence electrons. The molecule has 1 unspecified atom stereocenters. The van der Waals surface area contributed by atoms with Crippen LogP contribution in [0.5, 0.6) is 0 Å². The third-order valence-electron chi connectivity index (χ3n) is 1.97. The Morgan fingerprint density at radius 2 is 2.00 bits per heavy atom. The normalized spacial score (nSPS) is 14.2. The molecule has 12 heavy (non-hydrogen) atoms. The van der Waals surface area contributed by atoms with Gasteiger partial charge >= 0.3 is 0 Å². The van der Waals surface area contributed by atoms with Gasteiger partial charge in [-0.1, -0.05) is 13.8 Å². The monoisotopic (exact) mass is 174 g/mol. The number of hydrogen-bond acceptors (Lipinski definition) is 3. The highest BCUT2D eigenvalue weighted by atomic mass is 16.7. The second-order valence-electron chi connectivity index (χ2n) is 3.72. The lowest BCUT2D eigenvalue weighted by atomic mass is 9.97. The molecule has 0 aliphatic heterocycles. The van der Waals surface area contributed by atoms with E-state index in [0.29, 0.717) is 11.8 Å². The fourth-order valence-electron chi connectivity index (χ4n) is 1.35. The first-order chi connectivity index (χ1) is 5.60. The SMILES string of the molecule is CON(C)CC(CN)CC(C)C. The van der Waals surface area contributed by atoms with Crippen molar-refractivity contribution >= 4 is 0 Å². The Bertz CT molecular complexity index is 107. The standard InChI is InChI=1S/C9H22N2O/c1-8(2)5-9(6-10)7-11(3)12-4/h8-9H,5-7,10H2,1-4H3. The van der Waals surface area contributed by atoms with Gasteiger partial charge < -0.3 is 10.6 Å². The number of rotatable bonds is 6. The van der Waals surface area contributed by atoms with Crippen molar-refractivity contribution in [2.75, 3.05) is 27.2 Å². The molecule has 3 heteroatoms. The summed E-state index contributed by atoms with van der Waals surface area (Å²) in [6, 6.07) is 0.